The Morgan fingerprint density at radius 1 is 1.05 bits per heavy atom. The van der Waals surface area contributed by atoms with Crippen molar-refractivity contribution in [3.05, 3.63) is 23.8 Å². The van der Waals surface area contributed by atoms with Crippen molar-refractivity contribution in [1.29, 1.82) is 0 Å². The van der Waals surface area contributed by atoms with Gasteiger partial charge in [-0.3, -0.25) is 0 Å². The van der Waals surface area contributed by atoms with E-state index in [4.69, 9.17) is 9.47 Å². The average molecular weight is 278 g/mol. The average Bonchev–Trinajstić information content (AvgIpc) is 2.51. The van der Waals surface area contributed by atoms with E-state index in [1.165, 1.54) is 5.56 Å². The zero-order valence-corrected chi connectivity index (χ0v) is 12.7. The molecule has 0 radical (unpaired) electrons. The third-order valence-electron chi connectivity index (χ3n) is 3.70. The minimum absolute atomic E-state index is 0.651. The van der Waals surface area contributed by atoms with E-state index in [0.717, 1.165) is 50.6 Å². The molecule has 1 N–H and O–H groups in total. The topological polar surface area (TPSA) is 33.7 Å². The van der Waals surface area contributed by atoms with Crippen LogP contribution in [0.4, 0.5) is 0 Å². The molecule has 112 valence electrons. The zero-order valence-electron chi connectivity index (χ0n) is 12.7. The number of hydrogen-bond acceptors (Lipinski definition) is 4. The van der Waals surface area contributed by atoms with Crippen LogP contribution in [0.2, 0.25) is 0 Å². The fourth-order valence-corrected chi connectivity index (χ4v) is 2.38. The summed E-state index contributed by atoms with van der Waals surface area (Å²) in [7, 11) is 0. The molecule has 0 aromatic heterocycles. The summed E-state index contributed by atoms with van der Waals surface area (Å²) in [4.78, 5) is 2.43. The predicted molar refractivity (Wildman–Crippen MR) is 81.8 cm³/mol. The molecule has 1 aliphatic heterocycles. The molecule has 2 rings (SSSR count). The van der Waals surface area contributed by atoms with Crippen LogP contribution in [0.5, 0.6) is 11.5 Å². The van der Waals surface area contributed by atoms with Gasteiger partial charge in [-0.15, -0.1) is 0 Å². The monoisotopic (exact) mass is 278 g/mol. The SMILES string of the molecule is CCN(CC)CCNCCc1ccc2c(c1)OCCO2. The Bertz CT molecular complexity index is 405. The fraction of sp³-hybridized carbons (Fsp3) is 0.625. The molecule has 20 heavy (non-hydrogen) atoms. The first-order chi connectivity index (χ1) is 9.83. The number of rotatable bonds is 8. The summed E-state index contributed by atoms with van der Waals surface area (Å²) in [5.41, 5.74) is 1.30. The molecule has 4 heteroatoms. The maximum atomic E-state index is 5.60. The van der Waals surface area contributed by atoms with Gasteiger partial charge in [0, 0.05) is 13.1 Å². The molecular weight excluding hydrogens is 252 g/mol. The first-order valence-electron chi connectivity index (χ1n) is 7.65. The van der Waals surface area contributed by atoms with Crippen molar-refractivity contribution in [1.82, 2.24) is 10.2 Å². The molecule has 0 spiro atoms. The van der Waals surface area contributed by atoms with Crippen LogP contribution in [0.3, 0.4) is 0 Å². The van der Waals surface area contributed by atoms with Crippen LogP contribution in [0, 0.1) is 0 Å². The number of nitrogens with one attached hydrogen (secondary N) is 1. The second kappa shape index (κ2) is 8.12. The van der Waals surface area contributed by atoms with E-state index in [1.54, 1.807) is 0 Å². The smallest absolute Gasteiger partial charge is 0.161 e. The Morgan fingerprint density at radius 2 is 1.80 bits per heavy atom. The third kappa shape index (κ3) is 4.39. The fourth-order valence-electron chi connectivity index (χ4n) is 2.38. The first-order valence-corrected chi connectivity index (χ1v) is 7.65. The van der Waals surface area contributed by atoms with E-state index < -0.39 is 0 Å². The van der Waals surface area contributed by atoms with Crippen LogP contribution in [0.15, 0.2) is 18.2 Å². The molecule has 1 aromatic rings. The highest BCUT2D eigenvalue weighted by atomic mass is 16.6. The van der Waals surface area contributed by atoms with E-state index in [-0.39, 0.29) is 0 Å². The number of benzene rings is 1. The summed E-state index contributed by atoms with van der Waals surface area (Å²) < 4.78 is 11.1. The quantitative estimate of drug-likeness (QED) is 0.737. The van der Waals surface area contributed by atoms with Gasteiger partial charge in [0.2, 0.25) is 0 Å². The predicted octanol–water partition coefficient (Wildman–Crippen LogP) is 1.93. The molecule has 0 atom stereocenters. The summed E-state index contributed by atoms with van der Waals surface area (Å²) in [6.45, 7) is 11.1. The van der Waals surface area contributed by atoms with Gasteiger partial charge in [0.15, 0.2) is 11.5 Å². The van der Waals surface area contributed by atoms with E-state index in [2.05, 4.69) is 36.2 Å². The number of nitrogens with zero attached hydrogens (tertiary/aromatic N) is 1. The Balaban J connectivity index is 1.69. The maximum absolute atomic E-state index is 5.60. The molecule has 1 heterocycles. The van der Waals surface area contributed by atoms with Crippen molar-refractivity contribution >= 4 is 0 Å². The Labute approximate surface area is 122 Å². The van der Waals surface area contributed by atoms with Crippen LogP contribution in [0.25, 0.3) is 0 Å². The lowest BCUT2D eigenvalue weighted by atomic mass is 10.1. The van der Waals surface area contributed by atoms with Crippen molar-refractivity contribution in [2.45, 2.75) is 20.3 Å². The minimum atomic E-state index is 0.651. The van der Waals surface area contributed by atoms with Gasteiger partial charge >= 0.3 is 0 Å². The standard InChI is InChI=1S/C16H26N2O2/c1-3-18(4-2)10-9-17-8-7-14-5-6-15-16(13-14)20-12-11-19-15/h5-6,13,17H,3-4,7-12H2,1-2H3. The van der Waals surface area contributed by atoms with Crippen molar-refractivity contribution < 1.29 is 9.47 Å². The first kappa shape index (κ1) is 15.1. The lowest BCUT2D eigenvalue weighted by molar-refractivity contribution is 0.171. The van der Waals surface area contributed by atoms with Crippen molar-refractivity contribution in [2.24, 2.45) is 0 Å². The van der Waals surface area contributed by atoms with Crippen LogP contribution < -0.4 is 14.8 Å². The van der Waals surface area contributed by atoms with Gasteiger partial charge in [0.05, 0.1) is 0 Å². The lowest BCUT2D eigenvalue weighted by Crippen LogP contribution is -2.32. The summed E-state index contributed by atoms with van der Waals surface area (Å²) in [5.74, 6) is 1.76. The van der Waals surface area contributed by atoms with E-state index in [0.29, 0.717) is 13.2 Å². The van der Waals surface area contributed by atoms with Gasteiger partial charge in [-0.05, 0) is 43.8 Å². The Kier molecular flexibility index (Phi) is 6.15. The minimum Gasteiger partial charge on any atom is -0.486 e. The summed E-state index contributed by atoms with van der Waals surface area (Å²) in [6.07, 6.45) is 1.02. The molecule has 1 aromatic carbocycles. The second-order valence-corrected chi connectivity index (χ2v) is 5.00. The van der Waals surface area contributed by atoms with Crippen LogP contribution in [0.1, 0.15) is 19.4 Å². The largest absolute Gasteiger partial charge is 0.486 e. The van der Waals surface area contributed by atoms with Crippen LogP contribution in [-0.4, -0.2) is 50.8 Å². The van der Waals surface area contributed by atoms with E-state index in [9.17, 15) is 0 Å². The van der Waals surface area contributed by atoms with E-state index in [1.807, 2.05) is 6.07 Å². The molecule has 0 saturated heterocycles. The molecule has 0 unspecified atom stereocenters. The molecule has 1 aliphatic rings. The highest BCUT2D eigenvalue weighted by molar-refractivity contribution is 5.43. The van der Waals surface area contributed by atoms with Gasteiger partial charge in [-0.1, -0.05) is 19.9 Å². The van der Waals surface area contributed by atoms with Crippen LogP contribution in [-0.2, 0) is 6.42 Å². The molecule has 0 bridgehead atoms. The number of hydrogen-bond donors (Lipinski definition) is 1. The Morgan fingerprint density at radius 3 is 2.55 bits per heavy atom. The Hall–Kier alpha value is -1.26. The lowest BCUT2D eigenvalue weighted by Gasteiger charge is -2.19. The van der Waals surface area contributed by atoms with Gasteiger partial charge in [-0.2, -0.15) is 0 Å². The van der Waals surface area contributed by atoms with Crippen molar-refractivity contribution in [2.75, 3.05) is 45.9 Å². The van der Waals surface area contributed by atoms with Gasteiger partial charge < -0.3 is 19.7 Å². The maximum Gasteiger partial charge on any atom is 0.161 e. The number of ether oxygens (including phenoxy) is 2. The van der Waals surface area contributed by atoms with Gasteiger partial charge in [0.25, 0.3) is 0 Å². The molecular formula is C16H26N2O2. The van der Waals surface area contributed by atoms with Gasteiger partial charge in [0.1, 0.15) is 13.2 Å². The summed E-state index contributed by atoms with van der Waals surface area (Å²) in [5, 5.41) is 3.50. The molecule has 4 nitrogen and oxygen atoms in total. The highest BCUT2D eigenvalue weighted by Gasteiger charge is 2.11. The molecule has 0 amide bonds. The molecule has 0 fully saturated rings. The molecule has 0 saturated carbocycles. The number of likely N-dealkylation sites (N-methyl/N-ethyl adjacent to an activating group) is 1. The highest BCUT2D eigenvalue weighted by Crippen LogP contribution is 2.30. The normalized spacial score (nSPS) is 13.8. The van der Waals surface area contributed by atoms with E-state index >= 15 is 0 Å². The zero-order chi connectivity index (χ0) is 14.2. The number of fused-ring (bicyclic) bond motifs is 1. The summed E-state index contributed by atoms with van der Waals surface area (Å²) in [6, 6.07) is 6.24. The van der Waals surface area contributed by atoms with Gasteiger partial charge in [-0.25, -0.2) is 0 Å². The van der Waals surface area contributed by atoms with Crippen molar-refractivity contribution in [3.63, 3.8) is 0 Å². The van der Waals surface area contributed by atoms with Crippen molar-refractivity contribution in [3.8, 4) is 11.5 Å². The molecule has 0 aliphatic carbocycles. The summed E-state index contributed by atoms with van der Waals surface area (Å²) >= 11 is 0. The third-order valence-corrected chi connectivity index (χ3v) is 3.70. The van der Waals surface area contributed by atoms with Crippen LogP contribution >= 0.6 is 0 Å². The second-order valence-electron chi connectivity index (χ2n) is 5.00.